The van der Waals surface area contributed by atoms with E-state index < -0.39 is 6.04 Å². The first kappa shape index (κ1) is 24.3. The molecule has 1 aliphatic rings. The van der Waals surface area contributed by atoms with E-state index in [4.69, 9.17) is 21.5 Å². The maximum atomic E-state index is 12.6. The van der Waals surface area contributed by atoms with Crippen LogP contribution in [0.25, 0.3) is 0 Å². The monoisotopic (exact) mass is 545 g/mol. The molecular formula is C24H20BrN9O2. The smallest absolute Gasteiger partial charge is 0.262 e. The SMILES string of the molecule is Cc1ccccc1NC(=O)COc1ccc(Br)cc1C1N=C(NC#N)Nc2nc(N)c(C#N)c(N)c21. The number of amides is 1. The molecule has 0 bridgehead atoms. The average molecular weight is 546 g/mol. The number of hydrogen-bond donors (Lipinski definition) is 5. The van der Waals surface area contributed by atoms with Crippen molar-refractivity contribution in [1.82, 2.24) is 10.3 Å². The van der Waals surface area contributed by atoms with Crippen molar-refractivity contribution >= 4 is 50.8 Å². The highest BCUT2D eigenvalue weighted by Crippen LogP contribution is 2.43. The van der Waals surface area contributed by atoms with Crippen LogP contribution in [0.2, 0.25) is 0 Å². The Morgan fingerprint density at radius 3 is 2.75 bits per heavy atom. The zero-order chi connectivity index (χ0) is 25.8. The normalized spacial score (nSPS) is 13.8. The second-order valence-corrected chi connectivity index (χ2v) is 8.65. The third-order valence-corrected chi connectivity index (χ3v) is 5.90. The minimum Gasteiger partial charge on any atom is -0.483 e. The average Bonchev–Trinajstić information content (AvgIpc) is 2.84. The molecule has 180 valence electrons. The first-order valence-corrected chi connectivity index (χ1v) is 11.4. The van der Waals surface area contributed by atoms with Gasteiger partial charge < -0.3 is 26.8 Å². The van der Waals surface area contributed by atoms with Gasteiger partial charge in [0, 0.05) is 21.3 Å². The number of fused-ring (bicyclic) bond motifs is 1. The van der Waals surface area contributed by atoms with Crippen LogP contribution in [0.3, 0.4) is 0 Å². The Labute approximate surface area is 214 Å². The lowest BCUT2D eigenvalue weighted by Crippen LogP contribution is -2.33. The molecule has 0 aliphatic carbocycles. The number of nitrogens with one attached hydrogen (secondary N) is 3. The van der Waals surface area contributed by atoms with Crippen LogP contribution < -0.4 is 32.2 Å². The molecule has 0 saturated carbocycles. The molecule has 3 aromatic rings. The van der Waals surface area contributed by atoms with Crippen molar-refractivity contribution in [1.29, 1.82) is 10.5 Å². The van der Waals surface area contributed by atoms with Gasteiger partial charge in [-0.1, -0.05) is 34.1 Å². The van der Waals surface area contributed by atoms with Crippen LogP contribution in [0.5, 0.6) is 5.75 Å². The molecule has 36 heavy (non-hydrogen) atoms. The molecule has 1 atom stereocenters. The van der Waals surface area contributed by atoms with Crippen molar-refractivity contribution in [3.63, 3.8) is 0 Å². The highest BCUT2D eigenvalue weighted by Gasteiger charge is 2.31. The summed E-state index contributed by atoms with van der Waals surface area (Å²) >= 11 is 3.45. The summed E-state index contributed by atoms with van der Waals surface area (Å²) in [5.41, 5.74) is 14.9. The Bertz CT molecular complexity index is 1470. The summed E-state index contributed by atoms with van der Waals surface area (Å²) in [4.78, 5) is 21.4. The van der Waals surface area contributed by atoms with Gasteiger partial charge in [-0.15, -0.1) is 0 Å². The van der Waals surface area contributed by atoms with Crippen LogP contribution in [0.15, 0.2) is 51.9 Å². The molecule has 2 heterocycles. The Kier molecular flexibility index (Phi) is 6.90. The van der Waals surface area contributed by atoms with Crippen molar-refractivity contribution in [3.05, 3.63) is 69.2 Å². The Hall–Kier alpha value is -4.81. The fourth-order valence-corrected chi connectivity index (χ4v) is 4.09. The zero-order valence-electron chi connectivity index (χ0n) is 19.0. The van der Waals surface area contributed by atoms with E-state index in [0.29, 0.717) is 27.0 Å². The summed E-state index contributed by atoms with van der Waals surface area (Å²) in [7, 11) is 0. The van der Waals surface area contributed by atoms with Crippen molar-refractivity contribution in [2.24, 2.45) is 4.99 Å². The zero-order valence-corrected chi connectivity index (χ0v) is 20.5. The first-order chi connectivity index (χ1) is 17.3. The Balaban J connectivity index is 1.72. The number of nitrogen functional groups attached to an aromatic ring is 2. The topological polar surface area (TPSA) is 187 Å². The fraction of sp³-hybridized carbons (Fsp3) is 0.125. The number of hydrogen-bond acceptors (Lipinski definition) is 10. The number of carbonyl (C=O) groups excluding carboxylic acids is 1. The number of halogens is 1. The van der Waals surface area contributed by atoms with E-state index in [1.807, 2.05) is 31.2 Å². The lowest BCUT2D eigenvalue weighted by molar-refractivity contribution is -0.118. The highest BCUT2D eigenvalue weighted by molar-refractivity contribution is 9.10. The largest absolute Gasteiger partial charge is 0.483 e. The van der Waals surface area contributed by atoms with Gasteiger partial charge in [0.25, 0.3) is 5.91 Å². The van der Waals surface area contributed by atoms with Crippen molar-refractivity contribution in [3.8, 4) is 18.0 Å². The number of rotatable bonds is 5. The van der Waals surface area contributed by atoms with Crippen LogP contribution >= 0.6 is 15.9 Å². The van der Waals surface area contributed by atoms with E-state index in [1.54, 1.807) is 30.5 Å². The summed E-state index contributed by atoms with van der Waals surface area (Å²) in [6.45, 7) is 1.62. The fourth-order valence-electron chi connectivity index (χ4n) is 3.71. The summed E-state index contributed by atoms with van der Waals surface area (Å²) < 4.78 is 6.60. The predicted octanol–water partition coefficient (Wildman–Crippen LogP) is 3.15. The van der Waals surface area contributed by atoms with E-state index in [9.17, 15) is 10.1 Å². The predicted molar refractivity (Wildman–Crippen MR) is 139 cm³/mol. The van der Waals surface area contributed by atoms with Gasteiger partial charge in [-0.25, -0.2) is 9.98 Å². The van der Waals surface area contributed by atoms with Gasteiger partial charge in [0.15, 0.2) is 12.8 Å². The van der Waals surface area contributed by atoms with Gasteiger partial charge in [0.1, 0.15) is 35.1 Å². The minimum absolute atomic E-state index is 0.0162. The number of benzene rings is 2. The van der Waals surface area contributed by atoms with E-state index >= 15 is 0 Å². The maximum Gasteiger partial charge on any atom is 0.262 e. The van der Waals surface area contributed by atoms with E-state index in [0.717, 1.165) is 5.56 Å². The number of ether oxygens (including phenoxy) is 1. The van der Waals surface area contributed by atoms with Gasteiger partial charge in [-0.3, -0.25) is 10.1 Å². The lowest BCUT2D eigenvalue weighted by Gasteiger charge is -2.27. The summed E-state index contributed by atoms with van der Waals surface area (Å²) in [6.07, 6.45) is 1.81. The number of nitrogens with zero attached hydrogens (tertiary/aromatic N) is 4. The second kappa shape index (κ2) is 10.2. The number of guanidine groups is 1. The molecule has 1 aliphatic heterocycles. The molecule has 2 aromatic carbocycles. The number of aliphatic imine (C=N–C) groups is 1. The molecule has 0 fully saturated rings. The number of para-hydroxylation sites is 1. The number of aromatic nitrogens is 1. The van der Waals surface area contributed by atoms with Crippen molar-refractivity contribution in [2.75, 3.05) is 28.7 Å². The summed E-state index contributed by atoms with van der Waals surface area (Å²) in [5, 5.41) is 26.8. The van der Waals surface area contributed by atoms with E-state index in [2.05, 4.69) is 41.9 Å². The van der Waals surface area contributed by atoms with E-state index in [-0.39, 0.29) is 41.4 Å². The maximum absolute atomic E-state index is 12.6. The number of pyridine rings is 1. The van der Waals surface area contributed by atoms with Crippen molar-refractivity contribution in [2.45, 2.75) is 13.0 Å². The van der Waals surface area contributed by atoms with Gasteiger partial charge in [0.2, 0.25) is 5.96 Å². The second-order valence-electron chi connectivity index (χ2n) is 7.74. The third kappa shape index (κ3) is 4.85. The van der Waals surface area contributed by atoms with Crippen LogP contribution in [-0.2, 0) is 4.79 Å². The van der Waals surface area contributed by atoms with E-state index in [1.165, 1.54) is 0 Å². The van der Waals surface area contributed by atoms with Crippen LogP contribution in [0, 0.1) is 29.7 Å². The third-order valence-electron chi connectivity index (χ3n) is 5.40. The molecule has 0 saturated heterocycles. The van der Waals surface area contributed by atoms with Crippen LogP contribution in [-0.4, -0.2) is 23.5 Å². The number of anilines is 4. The molecule has 1 unspecified atom stereocenters. The summed E-state index contributed by atoms with van der Waals surface area (Å²) in [5.74, 6) is 0.293. The molecule has 7 N–H and O–H groups in total. The standard InChI is InChI=1S/C24H20BrN9O2/c1-12-4-2-3-5-16(12)31-18(35)10-36-17-7-6-13(25)8-14(17)21-19-20(28)15(9-26)22(29)33-23(19)34-24(32-21)30-11-27/h2-8,21H,10H2,1H3,(H,31,35)(H6,28,29,30,32,33,34). The van der Waals surface area contributed by atoms with Crippen LogP contribution in [0.1, 0.15) is 28.3 Å². The molecule has 11 nitrogen and oxygen atoms in total. The quantitative estimate of drug-likeness (QED) is 0.237. The Morgan fingerprint density at radius 2 is 2.03 bits per heavy atom. The summed E-state index contributed by atoms with van der Waals surface area (Å²) in [6, 6.07) is 13.7. The molecule has 1 aromatic heterocycles. The number of nitrogens with two attached hydrogens (primary N) is 2. The molecule has 12 heteroatoms. The van der Waals surface area contributed by atoms with Crippen LogP contribution in [0.4, 0.5) is 23.0 Å². The van der Waals surface area contributed by atoms with Crippen molar-refractivity contribution < 1.29 is 9.53 Å². The molecular weight excluding hydrogens is 526 g/mol. The Morgan fingerprint density at radius 1 is 1.25 bits per heavy atom. The highest BCUT2D eigenvalue weighted by atomic mass is 79.9. The lowest BCUT2D eigenvalue weighted by atomic mass is 9.94. The molecule has 1 amide bonds. The van der Waals surface area contributed by atoms with Gasteiger partial charge in [0.05, 0.1) is 5.69 Å². The van der Waals surface area contributed by atoms with Gasteiger partial charge in [-0.05, 0) is 36.8 Å². The number of nitriles is 2. The molecule has 0 spiro atoms. The van der Waals surface area contributed by atoms with Gasteiger partial charge >= 0.3 is 0 Å². The molecule has 0 radical (unpaired) electrons. The number of carbonyl (C=O) groups is 1. The molecule has 4 rings (SSSR count). The first-order valence-electron chi connectivity index (χ1n) is 10.6. The number of aryl methyl sites for hydroxylation is 1. The van der Waals surface area contributed by atoms with Gasteiger partial charge in [-0.2, -0.15) is 10.5 Å². The minimum atomic E-state index is -0.829.